The van der Waals surface area contributed by atoms with Crippen molar-refractivity contribution in [1.82, 2.24) is 39.1 Å². The third-order valence-electron chi connectivity index (χ3n) is 3.69. The quantitative estimate of drug-likeness (QED) is 0.305. The third-order valence-corrected chi connectivity index (χ3v) is 4.14. The minimum Gasteiger partial charge on any atom is -0.343 e. The van der Waals surface area contributed by atoms with Gasteiger partial charge in [-0.05, 0) is 0 Å². The van der Waals surface area contributed by atoms with Crippen LogP contribution in [0.15, 0.2) is 24.9 Å². The molecule has 12 nitrogen and oxygen atoms in total. The lowest BCUT2D eigenvalue weighted by Crippen LogP contribution is -2.10. The number of H-pyrrole nitrogens is 1. The first-order chi connectivity index (χ1) is 14.0. The number of hydrogen-bond acceptors (Lipinski definition) is 7. The van der Waals surface area contributed by atoms with Crippen molar-refractivity contribution in [3.05, 3.63) is 36.6 Å². The zero-order chi connectivity index (χ0) is 21.7. The predicted molar refractivity (Wildman–Crippen MR) is 87.7 cm³/mol. The highest BCUT2D eigenvalue weighted by Gasteiger charge is 2.38. The summed E-state index contributed by atoms with van der Waals surface area (Å²) in [5.41, 5.74) is 0.0200. The summed E-state index contributed by atoms with van der Waals surface area (Å²) in [5, 5.41) is 3.21. The van der Waals surface area contributed by atoms with E-state index in [1.165, 1.54) is 12.5 Å². The van der Waals surface area contributed by atoms with Gasteiger partial charge in [-0.1, -0.05) is 0 Å². The van der Waals surface area contributed by atoms with Crippen LogP contribution >= 0.6 is 7.82 Å². The molecule has 0 radical (unpaired) electrons. The van der Waals surface area contributed by atoms with Crippen LogP contribution in [0.25, 0.3) is 28.7 Å². The van der Waals surface area contributed by atoms with E-state index >= 15 is 0 Å². The zero-order valence-electron chi connectivity index (χ0n) is 14.3. The van der Waals surface area contributed by atoms with E-state index in [9.17, 15) is 22.1 Å². The van der Waals surface area contributed by atoms with Gasteiger partial charge in [-0.25, -0.2) is 33.6 Å². The van der Waals surface area contributed by atoms with Crippen molar-refractivity contribution >= 4 is 13.6 Å². The molecule has 0 fully saturated rings. The lowest BCUT2D eigenvalue weighted by molar-refractivity contribution is -0.145. The van der Waals surface area contributed by atoms with Gasteiger partial charge in [-0.2, -0.15) is 13.2 Å². The summed E-state index contributed by atoms with van der Waals surface area (Å²) in [6, 6.07) is 0. The number of nitrogens with one attached hydrogen (secondary N) is 1. The van der Waals surface area contributed by atoms with Crippen molar-refractivity contribution < 1.29 is 36.4 Å². The highest BCUT2D eigenvalue weighted by atomic mass is 31.2. The Hall–Kier alpha value is -3.20. The number of halogens is 4. The van der Waals surface area contributed by atoms with E-state index in [2.05, 4.69) is 34.5 Å². The number of aromatic nitrogens is 8. The van der Waals surface area contributed by atoms with Crippen molar-refractivity contribution in [3.8, 4) is 22.9 Å². The van der Waals surface area contributed by atoms with E-state index in [0.29, 0.717) is 4.68 Å². The van der Waals surface area contributed by atoms with Crippen molar-refractivity contribution in [2.75, 3.05) is 0 Å². The van der Waals surface area contributed by atoms with Gasteiger partial charge in [0.25, 0.3) is 5.82 Å². The molecular formula is C13H9F4N8O4P. The summed E-state index contributed by atoms with van der Waals surface area (Å²) in [4.78, 5) is 35.5. The molecule has 0 spiro atoms. The van der Waals surface area contributed by atoms with Gasteiger partial charge in [-0.3, -0.25) is 8.92 Å². The highest BCUT2D eigenvalue weighted by Crippen LogP contribution is 2.38. The maximum absolute atomic E-state index is 13.7. The van der Waals surface area contributed by atoms with Crippen LogP contribution in [0.3, 0.4) is 0 Å². The molecule has 4 heterocycles. The van der Waals surface area contributed by atoms with Crippen LogP contribution in [-0.4, -0.2) is 48.9 Å². The second-order valence-corrected chi connectivity index (χ2v) is 6.96. The first kappa shape index (κ1) is 20.1. The number of aromatic amines is 1. The van der Waals surface area contributed by atoms with E-state index in [1.807, 2.05) is 0 Å². The maximum atomic E-state index is 13.7. The molecule has 4 aromatic rings. The summed E-state index contributed by atoms with van der Waals surface area (Å²) in [7, 11) is -5.04. The minimum absolute atomic E-state index is 0.0352. The van der Waals surface area contributed by atoms with Crippen LogP contribution in [0, 0.1) is 5.82 Å². The number of phosphoric acid groups is 1. The number of rotatable bonds is 5. The average molecular weight is 448 g/mol. The van der Waals surface area contributed by atoms with Gasteiger partial charge < -0.3 is 14.8 Å². The Bertz CT molecular complexity index is 1260. The molecule has 0 amide bonds. The summed E-state index contributed by atoms with van der Waals surface area (Å²) in [6.45, 7) is -1.07. The van der Waals surface area contributed by atoms with Crippen LogP contribution in [0.2, 0.25) is 0 Å². The van der Waals surface area contributed by atoms with Gasteiger partial charge >= 0.3 is 14.0 Å². The topological polar surface area (TPSA) is 156 Å². The molecule has 4 aromatic heterocycles. The summed E-state index contributed by atoms with van der Waals surface area (Å²) in [5.74, 6) is -2.99. The van der Waals surface area contributed by atoms with Crippen molar-refractivity contribution in [1.29, 1.82) is 0 Å². The van der Waals surface area contributed by atoms with Crippen LogP contribution in [0.1, 0.15) is 5.82 Å². The lowest BCUT2D eigenvalue weighted by Gasteiger charge is -2.07. The van der Waals surface area contributed by atoms with Gasteiger partial charge in [-0.15, -0.1) is 5.10 Å². The Balaban J connectivity index is 1.96. The Kier molecular flexibility index (Phi) is 4.65. The average Bonchev–Trinajstić information content (AvgIpc) is 3.35. The highest BCUT2D eigenvalue weighted by molar-refractivity contribution is 7.46. The number of alkyl halides is 3. The first-order valence-electron chi connectivity index (χ1n) is 7.78. The van der Waals surface area contributed by atoms with Crippen LogP contribution in [0.5, 0.6) is 0 Å². The molecule has 17 heteroatoms. The van der Waals surface area contributed by atoms with Gasteiger partial charge in [0, 0.05) is 0 Å². The SMILES string of the molecule is O=P(O)(O)OCn1nc(C(F)(F)F)nc1-c1nc2ncc(F)cn2c1-c1cnc[nH]1. The Morgan fingerprint density at radius 2 is 2.00 bits per heavy atom. The molecule has 158 valence electrons. The first-order valence-corrected chi connectivity index (χ1v) is 9.31. The maximum Gasteiger partial charge on any atom is 0.471 e. The fourth-order valence-electron chi connectivity index (χ4n) is 2.57. The van der Waals surface area contributed by atoms with Crippen molar-refractivity contribution in [2.45, 2.75) is 12.9 Å². The van der Waals surface area contributed by atoms with E-state index in [0.717, 1.165) is 16.8 Å². The number of fused-ring (bicyclic) bond motifs is 1. The number of nitrogens with zero attached hydrogens (tertiary/aromatic N) is 7. The zero-order valence-corrected chi connectivity index (χ0v) is 15.2. The van der Waals surface area contributed by atoms with E-state index in [4.69, 9.17) is 9.79 Å². The molecule has 30 heavy (non-hydrogen) atoms. The molecule has 3 N–H and O–H groups in total. The Morgan fingerprint density at radius 3 is 2.63 bits per heavy atom. The summed E-state index contributed by atoms with van der Waals surface area (Å²) in [6.07, 6.45) is -0.554. The normalized spacial score (nSPS) is 12.7. The molecule has 0 saturated carbocycles. The van der Waals surface area contributed by atoms with Gasteiger partial charge in [0.1, 0.15) is 11.4 Å². The molecule has 4 rings (SSSR count). The van der Waals surface area contributed by atoms with E-state index in [1.54, 1.807) is 0 Å². The molecule has 0 bridgehead atoms. The Labute approximate surface area is 162 Å². The fourth-order valence-corrected chi connectivity index (χ4v) is 2.83. The van der Waals surface area contributed by atoms with Crippen LogP contribution in [0.4, 0.5) is 17.6 Å². The van der Waals surface area contributed by atoms with E-state index < -0.39 is 38.2 Å². The molecule has 0 aliphatic rings. The smallest absolute Gasteiger partial charge is 0.343 e. The molecule has 0 saturated heterocycles. The minimum atomic E-state index is -5.04. The molecule has 0 unspecified atom stereocenters. The van der Waals surface area contributed by atoms with E-state index in [-0.39, 0.29) is 22.9 Å². The molecule has 0 aliphatic carbocycles. The largest absolute Gasteiger partial charge is 0.471 e. The fraction of sp³-hybridized carbons (Fsp3) is 0.154. The predicted octanol–water partition coefficient (Wildman–Crippen LogP) is 1.60. The number of hydrogen-bond donors (Lipinski definition) is 3. The Morgan fingerprint density at radius 1 is 1.23 bits per heavy atom. The third kappa shape index (κ3) is 3.80. The molecule has 0 aromatic carbocycles. The van der Waals surface area contributed by atoms with Crippen molar-refractivity contribution in [3.63, 3.8) is 0 Å². The second-order valence-electron chi connectivity index (χ2n) is 5.72. The van der Waals surface area contributed by atoms with Crippen molar-refractivity contribution in [2.24, 2.45) is 0 Å². The molecule has 0 atom stereocenters. The molecular weight excluding hydrogens is 439 g/mol. The van der Waals surface area contributed by atoms with Crippen LogP contribution in [-0.2, 0) is 22.0 Å². The van der Waals surface area contributed by atoms with Crippen LogP contribution < -0.4 is 0 Å². The monoisotopic (exact) mass is 448 g/mol. The standard InChI is InChI=1S/C13H9F4N8O4P/c14-6-1-19-12-21-8(9(24(12)3-6)7-2-18-4-20-7)10-22-11(13(15,16)17)23-25(10)5-29-30(26,27)28/h1-4H,5H2,(H,18,20)(H2,26,27,28). The second kappa shape index (κ2) is 6.94. The van der Waals surface area contributed by atoms with Gasteiger partial charge in [0.2, 0.25) is 5.78 Å². The van der Waals surface area contributed by atoms with Gasteiger partial charge in [0.05, 0.1) is 30.6 Å². The number of imidazole rings is 2. The lowest BCUT2D eigenvalue weighted by atomic mass is 10.2. The number of phosphoric ester groups is 1. The molecule has 0 aliphatic heterocycles. The summed E-state index contributed by atoms with van der Waals surface area (Å²) < 4.78 is 70.1. The summed E-state index contributed by atoms with van der Waals surface area (Å²) >= 11 is 0. The van der Waals surface area contributed by atoms with Gasteiger partial charge in [0.15, 0.2) is 18.4 Å².